The molecule has 3 rings (SSSR count). The predicted molar refractivity (Wildman–Crippen MR) is 80.7 cm³/mol. The molecule has 0 aromatic heterocycles. The number of hydrogen-bond acceptors (Lipinski definition) is 4. The minimum atomic E-state index is -0.890. The summed E-state index contributed by atoms with van der Waals surface area (Å²) in [4.78, 5) is 23.1. The Morgan fingerprint density at radius 1 is 1.43 bits per heavy atom. The second-order valence-corrected chi connectivity index (χ2v) is 5.77. The highest BCUT2D eigenvalue weighted by Crippen LogP contribution is 2.43. The monoisotopic (exact) mass is 286 g/mol. The third-order valence-electron chi connectivity index (χ3n) is 4.70. The number of fused-ring (bicyclic) bond motifs is 1. The molecule has 0 aliphatic carbocycles. The highest BCUT2D eigenvalue weighted by atomic mass is 16.5. The van der Waals surface area contributed by atoms with Crippen molar-refractivity contribution in [3.05, 3.63) is 40.3 Å². The van der Waals surface area contributed by atoms with Crippen LogP contribution in [-0.2, 0) is 9.53 Å². The zero-order valence-corrected chi connectivity index (χ0v) is 12.0. The van der Waals surface area contributed by atoms with Gasteiger partial charge in [-0.1, -0.05) is 24.3 Å². The quantitative estimate of drug-likeness (QED) is 0.868. The van der Waals surface area contributed by atoms with Crippen molar-refractivity contribution in [2.75, 3.05) is 25.1 Å². The molecule has 1 aromatic rings. The van der Waals surface area contributed by atoms with Crippen LogP contribution in [0.2, 0.25) is 0 Å². The van der Waals surface area contributed by atoms with Crippen molar-refractivity contribution in [1.29, 1.82) is 0 Å². The van der Waals surface area contributed by atoms with Gasteiger partial charge in [0.1, 0.15) is 0 Å². The lowest BCUT2D eigenvalue weighted by molar-refractivity contribution is -0.127. The predicted octanol–water partition coefficient (Wildman–Crippen LogP) is 2.83. The van der Waals surface area contributed by atoms with E-state index in [9.17, 15) is 9.70 Å². The highest BCUT2D eigenvalue weighted by Gasteiger charge is 2.47. The lowest BCUT2D eigenvalue weighted by Crippen LogP contribution is -2.40. The molecule has 21 heavy (non-hydrogen) atoms. The molecule has 1 N–H and O–H groups in total. The van der Waals surface area contributed by atoms with E-state index in [0.29, 0.717) is 19.8 Å². The van der Waals surface area contributed by atoms with Gasteiger partial charge in [-0.2, -0.15) is 0 Å². The zero-order chi connectivity index (χ0) is 14.9. The van der Waals surface area contributed by atoms with Crippen molar-refractivity contribution >= 4 is 17.7 Å². The molecular weight excluding hydrogens is 268 g/mol. The summed E-state index contributed by atoms with van der Waals surface area (Å²) in [5, 5.41) is 6.04. The normalized spacial score (nSPS) is 23.5. The zero-order valence-electron chi connectivity index (χ0n) is 12.0. The molecule has 0 bridgehead atoms. The van der Waals surface area contributed by atoms with Crippen LogP contribution in [0.1, 0.15) is 18.9 Å². The van der Waals surface area contributed by atoms with Crippen molar-refractivity contribution in [3.8, 4) is 0 Å². The van der Waals surface area contributed by atoms with E-state index in [1.54, 1.807) is 0 Å². The Bertz CT molecular complexity index is 605. The van der Waals surface area contributed by atoms with E-state index >= 15 is 0 Å². The maximum atomic E-state index is 12.2. The standard InChI is InChI=1S/C16H18N2O3/c1-16(15(19)18-20,12-6-7-21-10-12)13-8-11-4-2-3-5-14(11)17-9-13/h2-5,8,12,17H,6-7,9-10H2,1H3. The van der Waals surface area contributed by atoms with E-state index in [-0.39, 0.29) is 5.92 Å². The summed E-state index contributed by atoms with van der Waals surface area (Å²) in [7, 11) is 0. The second kappa shape index (κ2) is 5.41. The van der Waals surface area contributed by atoms with Gasteiger partial charge in [-0.05, 0) is 30.5 Å². The fourth-order valence-corrected chi connectivity index (χ4v) is 3.21. The largest absolute Gasteiger partial charge is 0.381 e. The van der Waals surface area contributed by atoms with Crippen LogP contribution in [0.4, 0.5) is 5.69 Å². The van der Waals surface area contributed by atoms with E-state index in [4.69, 9.17) is 4.74 Å². The SMILES string of the molecule is CC(C(=O)N=O)(C1=Cc2ccccc2NC1)C1CCOC1. The Labute approximate surface area is 123 Å². The van der Waals surface area contributed by atoms with Crippen LogP contribution in [0, 0.1) is 16.2 Å². The van der Waals surface area contributed by atoms with Crippen LogP contribution in [0.3, 0.4) is 0 Å². The first-order valence-corrected chi connectivity index (χ1v) is 7.15. The van der Waals surface area contributed by atoms with Crippen molar-refractivity contribution in [2.45, 2.75) is 13.3 Å². The van der Waals surface area contributed by atoms with Crippen LogP contribution < -0.4 is 5.32 Å². The molecule has 0 spiro atoms. The Balaban J connectivity index is 2.03. The average Bonchev–Trinajstić information content (AvgIpc) is 3.07. The van der Waals surface area contributed by atoms with E-state index in [2.05, 4.69) is 10.5 Å². The lowest BCUT2D eigenvalue weighted by atomic mass is 9.69. The number of rotatable bonds is 3. The maximum absolute atomic E-state index is 12.2. The number of hydrogen-bond donors (Lipinski definition) is 1. The van der Waals surface area contributed by atoms with Gasteiger partial charge < -0.3 is 10.1 Å². The molecule has 0 radical (unpaired) electrons. The minimum Gasteiger partial charge on any atom is -0.381 e. The average molecular weight is 286 g/mol. The van der Waals surface area contributed by atoms with Gasteiger partial charge in [-0.3, -0.25) is 4.79 Å². The number of para-hydroxylation sites is 1. The second-order valence-electron chi connectivity index (χ2n) is 5.77. The molecule has 1 amide bonds. The van der Waals surface area contributed by atoms with Crippen LogP contribution in [0.15, 0.2) is 35.0 Å². The number of amides is 1. The van der Waals surface area contributed by atoms with Gasteiger partial charge in [0.2, 0.25) is 0 Å². The third kappa shape index (κ3) is 2.27. The van der Waals surface area contributed by atoms with E-state index in [0.717, 1.165) is 23.2 Å². The molecule has 1 fully saturated rings. The molecule has 2 atom stereocenters. The minimum absolute atomic E-state index is 0.000937. The first kappa shape index (κ1) is 13.9. The Hall–Kier alpha value is -2.01. The molecule has 1 aromatic carbocycles. The smallest absolute Gasteiger partial charge is 0.296 e. The van der Waals surface area contributed by atoms with Crippen molar-refractivity contribution < 1.29 is 9.53 Å². The number of carbonyl (C=O) groups is 1. The molecule has 5 heteroatoms. The highest BCUT2D eigenvalue weighted by molar-refractivity contribution is 5.89. The fourth-order valence-electron chi connectivity index (χ4n) is 3.21. The third-order valence-corrected chi connectivity index (χ3v) is 4.70. The number of anilines is 1. The van der Waals surface area contributed by atoms with E-state index in [1.165, 1.54) is 0 Å². The number of carbonyl (C=O) groups excluding carboxylic acids is 1. The molecule has 2 aliphatic rings. The van der Waals surface area contributed by atoms with Crippen molar-refractivity contribution in [2.24, 2.45) is 16.5 Å². The molecule has 2 unspecified atom stereocenters. The number of benzene rings is 1. The van der Waals surface area contributed by atoms with Crippen LogP contribution in [-0.4, -0.2) is 25.7 Å². The van der Waals surface area contributed by atoms with Gasteiger partial charge >= 0.3 is 0 Å². The van der Waals surface area contributed by atoms with Crippen LogP contribution in [0.25, 0.3) is 6.08 Å². The van der Waals surface area contributed by atoms with Gasteiger partial charge in [0.05, 0.1) is 12.0 Å². The summed E-state index contributed by atoms with van der Waals surface area (Å²) in [5.41, 5.74) is 2.08. The topological polar surface area (TPSA) is 67.8 Å². The van der Waals surface area contributed by atoms with Crippen molar-refractivity contribution in [3.63, 3.8) is 0 Å². The van der Waals surface area contributed by atoms with Crippen molar-refractivity contribution in [1.82, 2.24) is 0 Å². The maximum Gasteiger partial charge on any atom is 0.296 e. The molecule has 1 saturated heterocycles. The summed E-state index contributed by atoms with van der Waals surface area (Å²) >= 11 is 0. The Morgan fingerprint density at radius 3 is 2.95 bits per heavy atom. The summed E-state index contributed by atoms with van der Waals surface area (Å²) in [6.07, 6.45) is 2.78. The Kier molecular flexibility index (Phi) is 3.59. The van der Waals surface area contributed by atoms with E-state index in [1.807, 2.05) is 37.3 Å². The molecule has 0 saturated carbocycles. The first-order valence-electron chi connectivity index (χ1n) is 7.15. The Morgan fingerprint density at radius 2 is 2.24 bits per heavy atom. The number of nitrogens with zero attached hydrogens (tertiary/aromatic N) is 1. The molecule has 5 nitrogen and oxygen atoms in total. The summed E-state index contributed by atoms with van der Waals surface area (Å²) in [5.74, 6) is -0.605. The summed E-state index contributed by atoms with van der Waals surface area (Å²) in [6, 6.07) is 7.91. The van der Waals surface area contributed by atoms with Gasteiger partial charge in [0.25, 0.3) is 5.91 Å². The van der Waals surface area contributed by atoms with Crippen LogP contribution >= 0.6 is 0 Å². The molecule has 2 heterocycles. The molecular formula is C16H18N2O3. The van der Waals surface area contributed by atoms with Crippen LogP contribution in [0.5, 0.6) is 0 Å². The first-order chi connectivity index (χ1) is 10.2. The number of nitroso groups, excluding NO2 is 1. The summed E-state index contributed by atoms with van der Waals surface area (Å²) < 4.78 is 5.41. The summed E-state index contributed by atoms with van der Waals surface area (Å²) in [6.45, 7) is 3.49. The van der Waals surface area contributed by atoms with Gasteiger partial charge in [0, 0.05) is 29.9 Å². The fraction of sp³-hybridized carbons (Fsp3) is 0.438. The number of ether oxygens (including phenoxy) is 1. The number of nitrogens with one attached hydrogen (secondary N) is 1. The van der Waals surface area contributed by atoms with E-state index < -0.39 is 11.3 Å². The molecule has 2 aliphatic heterocycles. The van der Waals surface area contributed by atoms with Gasteiger partial charge in [-0.25, -0.2) is 0 Å². The lowest BCUT2D eigenvalue weighted by Gasteiger charge is -2.35. The van der Waals surface area contributed by atoms with Gasteiger partial charge in [0.15, 0.2) is 0 Å². The molecule has 110 valence electrons. The van der Waals surface area contributed by atoms with Gasteiger partial charge in [-0.15, -0.1) is 4.91 Å².